The van der Waals surface area contributed by atoms with Crippen molar-refractivity contribution in [1.82, 2.24) is 5.43 Å². The van der Waals surface area contributed by atoms with E-state index in [2.05, 4.69) is 10.5 Å². The molecule has 0 heterocycles. The van der Waals surface area contributed by atoms with Gasteiger partial charge in [-0.1, -0.05) is 48.5 Å². The van der Waals surface area contributed by atoms with Gasteiger partial charge in [-0.15, -0.1) is 0 Å². The van der Waals surface area contributed by atoms with Crippen LogP contribution in [0.5, 0.6) is 5.75 Å². The van der Waals surface area contributed by atoms with Gasteiger partial charge in [-0.25, -0.2) is 5.43 Å². The molecule has 0 saturated carbocycles. The minimum atomic E-state index is -0.357. The fourth-order valence-corrected chi connectivity index (χ4v) is 3.23. The number of nitrogens with one attached hydrogen (secondary N) is 1. The Morgan fingerprint density at radius 1 is 0.880 bits per heavy atom. The first-order chi connectivity index (χ1) is 12.2. The third-order valence-corrected chi connectivity index (χ3v) is 4.38. The van der Waals surface area contributed by atoms with E-state index in [0.717, 1.165) is 27.8 Å². The molecule has 0 unspecified atom stereocenters. The van der Waals surface area contributed by atoms with Crippen molar-refractivity contribution >= 4 is 12.1 Å². The molecule has 3 aromatic carbocycles. The van der Waals surface area contributed by atoms with Crippen LogP contribution in [0.3, 0.4) is 0 Å². The molecular formula is C21H16N2O2. The molecule has 0 fully saturated rings. The predicted octanol–water partition coefficient (Wildman–Crippen LogP) is 3.65. The molecule has 4 rings (SSSR count). The summed E-state index contributed by atoms with van der Waals surface area (Å²) in [5.74, 6) is -0.322. The van der Waals surface area contributed by atoms with Gasteiger partial charge in [0.25, 0.3) is 5.91 Å². The van der Waals surface area contributed by atoms with Crippen molar-refractivity contribution in [2.24, 2.45) is 5.10 Å². The average Bonchev–Trinajstić information content (AvgIpc) is 2.98. The van der Waals surface area contributed by atoms with Crippen LogP contribution in [-0.4, -0.2) is 17.2 Å². The molecule has 4 nitrogen and oxygen atoms in total. The van der Waals surface area contributed by atoms with E-state index < -0.39 is 0 Å². The number of benzene rings is 3. The number of nitrogens with zero attached hydrogens (tertiary/aromatic N) is 1. The molecule has 0 radical (unpaired) electrons. The molecule has 0 aromatic heterocycles. The zero-order valence-electron chi connectivity index (χ0n) is 13.4. The van der Waals surface area contributed by atoms with Crippen molar-refractivity contribution in [2.75, 3.05) is 0 Å². The van der Waals surface area contributed by atoms with Gasteiger partial charge in [0.15, 0.2) is 0 Å². The van der Waals surface area contributed by atoms with Gasteiger partial charge in [0.2, 0.25) is 0 Å². The largest absolute Gasteiger partial charge is 0.508 e. The number of hydrogen-bond donors (Lipinski definition) is 2. The smallest absolute Gasteiger partial charge is 0.252 e. The second-order valence-electron chi connectivity index (χ2n) is 5.93. The maximum absolute atomic E-state index is 12.8. The second kappa shape index (κ2) is 6.24. The molecule has 4 heteroatoms. The van der Waals surface area contributed by atoms with Crippen molar-refractivity contribution in [3.8, 4) is 16.9 Å². The Labute approximate surface area is 145 Å². The summed E-state index contributed by atoms with van der Waals surface area (Å²) in [4.78, 5) is 12.8. The van der Waals surface area contributed by atoms with Crippen LogP contribution < -0.4 is 5.43 Å². The molecule has 1 aliphatic carbocycles. The molecule has 0 saturated heterocycles. The first-order valence-corrected chi connectivity index (χ1v) is 8.04. The van der Waals surface area contributed by atoms with Crippen LogP contribution in [0, 0.1) is 0 Å². The Morgan fingerprint density at radius 2 is 1.44 bits per heavy atom. The van der Waals surface area contributed by atoms with Gasteiger partial charge in [-0.05, 0) is 52.1 Å². The zero-order valence-corrected chi connectivity index (χ0v) is 13.4. The summed E-state index contributed by atoms with van der Waals surface area (Å²) in [6.45, 7) is 0. The van der Waals surface area contributed by atoms with Crippen LogP contribution >= 0.6 is 0 Å². The number of hydrogen-bond acceptors (Lipinski definition) is 3. The molecule has 1 amide bonds. The van der Waals surface area contributed by atoms with Gasteiger partial charge in [0.1, 0.15) is 5.75 Å². The summed E-state index contributed by atoms with van der Waals surface area (Å²) in [5, 5.41) is 13.3. The summed E-state index contributed by atoms with van der Waals surface area (Å²) in [6, 6.07) is 22.5. The quantitative estimate of drug-likeness (QED) is 0.569. The highest BCUT2D eigenvalue weighted by atomic mass is 16.3. The number of amides is 1. The standard InChI is InChI=1S/C21H16N2O2/c24-15-11-9-14(10-12-15)13-22-23-21(25)20-18-7-3-1-5-16(18)17-6-2-4-8-19(17)20/h1-13,20,24H,(H,23,25)/b22-13+. The summed E-state index contributed by atoms with van der Waals surface area (Å²) in [6.07, 6.45) is 1.56. The Hall–Kier alpha value is -3.40. The van der Waals surface area contributed by atoms with Gasteiger partial charge in [-0.2, -0.15) is 5.10 Å². The number of phenolic OH excluding ortho intramolecular Hbond substituents is 1. The third kappa shape index (κ3) is 2.78. The molecular weight excluding hydrogens is 312 g/mol. The summed E-state index contributed by atoms with van der Waals surface area (Å²) >= 11 is 0. The van der Waals surface area contributed by atoms with Crippen LogP contribution in [0.4, 0.5) is 0 Å². The van der Waals surface area contributed by atoms with E-state index in [-0.39, 0.29) is 17.6 Å². The first-order valence-electron chi connectivity index (χ1n) is 8.04. The van der Waals surface area contributed by atoms with Crippen LogP contribution in [0.25, 0.3) is 11.1 Å². The topological polar surface area (TPSA) is 61.7 Å². The number of phenols is 1. The van der Waals surface area contributed by atoms with E-state index in [0.29, 0.717) is 0 Å². The molecule has 3 aromatic rings. The Kier molecular flexibility index (Phi) is 3.78. The molecule has 122 valence electrons. The lowest BCUT2D eigenvalue weighted by Crippen LogP contribution is -2.25. The van der Waals surface area contributed by atoms with Crippen molar-refractivity contribution in [3.63, 3.8) is 0 Å². The summed E-state index contributed by atoms with van der Waals surface area (Å²) in [7, 11) is 0. The highest BCUT2D eigenvalue weighted by molar-refractivity contribution is 5.96. The lowest BCUT2D eigenvalue weighted by Gasteiger charge is -2.11. The van der Waals surface area contributed by atoms with Crippen LogP contribution in [0.2, 0.25) is 0 Å². The van der Waals surface area contributed by atoms with Gasteiger partial charge < -0.3 is 5.11 Å². The van der Waals surface area contributed by atoms with E-state index >= 15 is 0 Å². The van der Waals surface area contributed by atoms with Crippen LogP contribution in [-0.2, 0) is 4.79 Å². The predicted molar refractivity (Wildman–Crippen MR) is 97.6 cm³/mol. The summed E-state index contributed by atoms with van der Waals surface area (Å²) < 4.78 is 0. The zero-order chi connectivity index (χ0) is 17.2. The number of carbonyl (C=O) groups is 1. The van der Waals surface area contributed by atoms with Gasteiger partial charge in [0, 0.05) is 0 Å². The van der Waals surface area contributed by atoms with Crippen LogP contribution in [0.1, 0.15) is 22.6 Å². The van der Waals surface area contributed by atoms with E-state index in [1.807, 2.05) is 48.5 Å². The minimum absolute atomic E-state index is 0.160. The SMILES string of the molecule is O=C(N/N=C/c1ccc(O)cc1)C1c2ccccc2-c2ccccc21. The molecule has 0 atom stereocenters. The lowest BCUT2D eigenvalue weighted by molar-refractivity contribution is -0.121. The van der Waals surface area contributed by atoms with Crippen molar-refractivity contribution in [1.29, 1.82) is 0 Å². The highest BCUT2D eigenvalue weighted by Crippen LogP contribution is 2.44. The van der Waals surface area contributed by atoms with Crippen molar-refractivity contribution < 1.29 is 9.90 Å². The average molecular weight is 328 g/mol. The molecule has 1 aliphatic rings. The van der Waals surface area contributed by atoms with Crippen molar-refractivity contribution in [3.05, 3.63) is 89.5 Å². The fourth-order valence-electron chi connectivity index (χ4n) is 3.23. The van der Waals surface area contributed by atoms with E-state index in [9.17, 15) is 9.90 Å². The monoisotopic (exact) mass is 328 g/mol. The van der Waals surface area contributed by atoms with Gasteiger partial charge in [-0.3, -0.25) is 4.79 Å². The number of fused-ring (bicyclic) bond motifs is 3. The van der Waals surface area contributed by atoms with Crippen LogP contribution in [0.15, 0.2) is 77.9 Å². The molecule has 25 heavy (non-hydrogen) atoms. The number of hydrazone groups is 1. The highest BCUT2D eigenvalue weighted by Gasteiger charge is 2.33. The van der Waals surface area contributed by atoms with Crippen molar-refractivity contribution in [2.45, 2.75) is 5.92 Å². The molecule has 0 spiro atoms. The Bertz CT molecular complexity index is 916. The fraction of sp³-hybridized carbons (Fsp3) is 0.0476. The Balaban J connectivity index is 1.59. The summed E-state index contributed by atoms with van der Waals surface area (Å²) in [5.41, 5.74) is 7.63. The second-order valence-corrected chi connectivity index (χ2v) is 5.93. The number of carbonyl (C=O) groups excluding carboxylic acids is 1. The Morgan fingerprint density at radius 3 is 2.04 bits per heavy atom. The van der Waals surface area contributed by atoms with Gasteiger partial charge >= 0.3 is 0 Å². The molecule has 2 N–H and O–H groups in total. The maximum Gasteiger partial charge on any atom is 0.252 e. The van der Waals surface area contributed by atoms with E-state index in [4.69, 9.17) is 0 Å². The maximum atomic E-state index is 12.8. The molecule has 0 aliphatic heterocycles. The van der Waals surface area contributed by atoms with E-state index in [1.165, 1.54) is 0 Å². The first kappa shape index (κ1) is 15.1. The van der Waals surface area contributed by atoms with E-state index in [1.54, 1.807) is 30.5 Å². The lowest BCUT2D eigenvalue weighted by atomic mass is 9.96. The minimum Gasteiger partial charge on any atom is -0.508 e. The third-order valence-electron chi connectivity index (χ3n) is 4.38. The van der Waals surface area contributed by atoms with Gasteiger partial charge in [0.05, 0.1) is 12.1 Å². The number of rotatable bonds is 3. The number of aromatic hydroxyl groups is 1. The molecule has 0 bridgehead atoms. The normalized spacial score (nSPS) is 12.8.